The van der Waals surface area contributed by atoms with Crippen molar-refractivity contribution in [1.82, 2.24) is 4.90 Å². The first-order valence-electron chi connectivity index (χ1n) is 6.84. The number of halogens is 1. The van der Waals surface area contributed by atoms with Crippen molar-refractivity contribution < 1.29 is 14.3 Å². The van der Waals surface area contributed by atoms with Crippen LogP contribution < -0.4 is 0 Å². The Morgan fingerprint density at radius 1 is 1.47 bits per heavy atom. The predicted octanol–water partition coefficient (Wildman–Crippen LogP) is 3.15. The monoisotopic (exact) mass is 265 g/mol. The van der Waals surface area contributed by atoms with E-state index in [1.54, 1.807) is 0 Å². The van der Waals surface area contributed by atoms with Gasteiger partial charge in [0.05, 0.1) is 5.56 Å². The first-order valence-corrected chi connectivity index (χ1v) is 6.84. The topological polar surface area (TPSA) is 40.5 Å². The molecule has 0 bridgehead atoms. The van der Waals surface area contributed by atoms with Crippen LogP contribution in [0.25, 0.3) is 0 Å². The molecule has 0 spiro atoms. The second-order valence-electron chi connectivity index (χ2n) is 5.29. The number of hydrogen-bond acceptors (Lipinski definition) is 2. The van der Waals surface area contributed by atoms with Crippen LogP contribution in [0.2, 0.25) is 0 Å². The van der Waals surface area contributed by atoms with Crippen LogP contribution in [0.1, 0.15) is 42.1 Å². The first-order chi connectivity index (χ1) is 9.10. The number of benzene rings is 1. The van der Waals surface area contributed by atoms with E-state index in [4.69, 9.17) is 5.11 Å². The van der Waals surface area contributed by atoms with Crippen LogP contribution in [0.15, 0.2) is 18.2 Å². The van der Waals surface area contributed by atoms with Gasteiger partial charge in [-0.05, 0) is 55.5 Å². The molecule has 0 radical (unpaired) electrons. The third kappa shape index (κ3) is 4.03. The number of carboxylic acids is 1. The maximum absolute atomic E-state index is 13.3. The van der Waals surface area contributed by atoms with E-state index in [-0.39, 0.29) is 11.4 Å². The van der Waals surface area contributed by atoms with Crippen LogP contribution in [0.4, 0.5) is 4.39 Å². The zero-order valence-corrected chi connectivity index (χ0v) is 11.2. The predicted molar refractivity (Wildman–Crippen MR) is 71.7 cm³/mol. The summed E-state index contributed by atoms with van der Waals surface area (Å²) in [4.78, 5) is 13.4. The molecule has 1 N–H and O–H groups in total. The quantitative estimate of drug-likeness (QED) is 0.823. The van der Waals surface area contributed by atoms with Gasteiger partial charge < -0.3 is 5.11 Å². The SMILES string of the molecule is CCCN(Cc1cc(F)ccc1C(=O)O)CC1CC1. The van der Waals surface area contributed by atoms with E-state index < -0.39 is 5.97 Å². The Balaban J connectivity index is 2.13. The van der Waals surface area contributed by atoms with E-state index >= 15 is 0 Å². The summed E-state index contributed by atoms with van der Waals surface area (Å²) in [6, 6.07) is 3.91. The average Bonchev–Trinajstić information content (AvgIpc) is 3.13. The highest BCUT2D eigenvalue weighted by Crippen LogP contribution is 2.30. The first kappa shape index (κ1) is 14.0. The lowest BCUT2D eigenvalue weighted by Gasteiger charge is -2.22. The number of rotatable bonds is 7. The summed E-state index contributed by atoms with van der Waals surface area (Å²) >= 11 is 0. The Morgan fingerprint density at radius 2 is 2.21 bits per heavy atom. The summed E-state index contributed by atoms with van der Waals surface area (Å²) in [5.74, 6) is -0.617. The van der Waals surface area contributed by atoms with Crippen molar-refractivity contribution in [2.45, 2.75) is 32.7 Å². The number of aromatic carboxylic acids is 1. The molecule has 1 aromatic rings. The van der Waals surface area contributed by atoms with Crippen molar-refractivity contribution in [3.8, 4) is 0 Å². The fourth-order valence-electron chi connectivity index (χ4n) is 2.36. The van der Waals surface area contributed by atoms with E-state index in [0.29, 0.717) is 12.1 Å². The minimum Gasteiger partial charge on any atom is -0.478 e. The zero-order valence-electron chi connectivity index (χ0n) is 11.2. The summed E-state index contributed by atoms with van der Waals surface area (Å²) in [5.41, 5.74) is 0.778. The molecule has 0 amide bonds. The van der Waals surface area contributed by atoms with E-state index in [2.05, 4.69) is 11.8 Å². The molecule has 104 valence electrons. The molecule has 0 aliphatic heterocycles. The number of nitrogens with zero attached hydrogens (tertiary/aromatic N) is 1. The normalized spacial score (nSPS) is 14.9. The molecule has 3 nitrogen and oxygen atoms in total. The fourth-order valence-corrected chi connectivity index (χ4v) is 2.36. The highest BCUT2D eigenvalue weighted by Gasteiger charge is 2.24. The van der Waals surface area contributed by atoms with Crippen molar-refractivity contribution in [2.75, 3.05) is 13.1 Å². The molecular weight excluding hydrogens is 245 g/mol. The second-order valence-corrected chi connectivity index (χ2v) is 5.29. The molecule has 0 aromatic heterocycles. The number of carboxylic acid groups (broad SMARTS) is 1. The van der Waals surface area contributed by atoms with Gasteiger partial charge in [-0.1, -0.05) is 6.92 Å². The third-order valence-corrected chi connectivity index (χ3v) is 3.44. The van der Waals surface area contributed by atoms with E-state index in [1.807, 2.05) is 0 Å². The van der Waals surface area contributed by atoms with Crippen LogP contribution in [0.5, 0.6) is 0 Å². The van der Waals surface area contributed by atoms with E-state index in [1.165, 1.54) is 31.0 Å². The van der Waals surface area contributed by atoms with Crippen molar-refractivity contribution in [2.24, 2.45) is 5.92 Å². The number of carbonyl (C=O) groups is 1. The fraction of sp³-hybridized carbons (Fsp3) is 0.533. The Morgan fingerprint density at radius 3 is 2.79 bits per heavy atom. The summed E-state index contributed by atoms with van der Waals surface area (Å²) in [7, 11) is 0. The van der Waals surface area contributed by atoms with Gasteiger partial charge >= 0.3 is 5.97 Å². The largest absolute Gasteiger partial charge is 0.478 e. The van der Waals surface area contributed by atoms with Crippen molar-refractivity contribution in [3.05, 3.63) is 35.1 Å². The van der Waals surface area contributed by atoms with Gasteiger partial charge in [0.2, 0.25) is 0 Å². The van der Waals surface area contributed by atoms with E-state index in [9.17, 15) is 9.18 Å². The highest BCUT2D eigenvalue weighted by atomic mass is 19.1. The van der Waals surface area contributed by atoms with Crippen molar-refractivity contribution in [1.29, 1.82) is 0 Å². The summed E-state index contributed by atoms with van der Waals surface area (Å²) in [6.07, 6.45) is 3.54. The maximum atomic E-state index is 13.3. The van der Waals surface area contributed by atoms with E-state index in [0.717, 1.165) is 25.4 Å². The van der Waals surface area contributed by atoms with Crippen LogP contribution in [0, 0.1) is 11.7 Å². The molecule has 4 heteroatoms. The minimum absolute atomic E-state index is 0.207. The molecule has 1 saturated carbocycles. The molecule has 1 aliphatic rings. The zero-order chi connectivity index (χ0) is 13.8. The Bertz CT molecular complexity index is 457. The van der Waals surface area contributed by atoms with Gasteiger partial charge in [0.1, 0.15) is 5.82 Å². The van der Waals surface area contributed by atoms with Gasteiger partial charge in [-0.2, -0.15) is 0 Å². The molecule has 0 saturated heterocycles. The second kappa shape index (κ2) is 6.15. The Hall–Kier alpha value is -1.42. The molecule has 19 heavy (non-hydrogen) atoms. The Kier molecular flexibility index (Phi) is 4.53. The summed E-state index contributed by atoms with van der Waals surface area (Å²) in [5, 5.41) is 9.15. The lowest BCUT2D eigenvalue weighted by atomic mass is 10.1. The highest BCUT2D eigenvalue weighted by molar-refractivity contribution is 5.89. The average molecular weight is 265 g/mol. The van der Waals surface area contributed by atoms with Gasteiger partial charge in [0, 0.05) is 13.1 Å². The lowest BCUT2D eigenvalue weighted by molar-refractivity contribution is 0.0694. The lowest BCUT2D eigenvalue weighted by Crippen LogP contribution is -2.27. The molecule has 0 unspecified atom stereocenters. The van der Waals surface area contributed by atoms with Crippen LogP contribution >= 0.6 is 0 Å². The summed E-state index contributed by atoms with van der Waals surface area (Å²) < 4.78 is 13.3. The van der Waals surface area contributed by atoms with Crippen molar-refractivity contribution in [3.63, 3.8) is 0 Å². The van der Waals surface area contributed by atoms with Crippen LogP contribution in [-0.2, 0) is 6.54 Å². The molecule has 0 heterocycles. The smallest absolute Gasteiger partial charge is 0.336 e. The standard InChI is InChI=1S/C15H20FNO2/c1-2-7-17(9-11-3-4-11)10-12-8-13(16)5-6-14(12)15(18)19/h5-6,8,11H,2-4,7,9-10H2,1H3,(H,18,19). The third-order valence-electron chi connectivity index (χ3n) is 3.44. The Labute approximate surface area is 113 Å². The molecule has 1 fully saturated rings. The molecule has 0 atom stereocenters. The number of hydrogen-bond donors (Lipinski definition) is 1. The van der Waals surface area contributed by atoms with Gasteiger partial charge in [0.25, 0.3) is 0 Å². The summed E-state index contributed by atoms with van der Waals surface area (Å²) in [6.45, 7) is 4.53. The molecule has 2 rings (SSSR count). The molecule has 1 aliphatic carbocycles. The minimum atomic E-state index is -0.988. The maximum Gasteiger partial charge on any atom is 0.336 e. The van der Waals surface area contributed by atoms with Gasteiger partial charge in [-0.15, -0.1) is 0 Å². The van der Waals surface area contributed by atoms with Gasteiger partial charge in [-0.25, -0.2) is 9.18 Å². The van der Waals surface area contributed by atoms with Gasteiger partial charge in [-0.3, -0.25) is 4.90 Å². The molecular formula is C15H20FNO2. The van der Waals surface area contributed by atoms with Crippen LogP contribution in [0.3, 0.4) is 0 Å². The molecule has 1 aromatic carbocycles. The van der Waals surface area contributed by atoms with Gasteiger partial charge in [0.15, 0.2) is 0 Å². The van der Waals surface area contributed by atoms with Crippen LogP contribution in [-0.4, -0.2) is 29.1 Å². The van der Waals surface area contributed by atoms with Crippen molar-refractivity contribution >= 4 is 5.97 Å².